The van der Waals surface area contributed by atoms with Crippen LogP contribution < -0.4 is 10.6 Å². The van der Waals surface area contributed by atoms with Crippen molar-refractivity contribution in [3.05, 3.63) is 29.0 Å². The Labute approximate surface area is 185 Å². The van der Waals surface area contributed by atoms with E-state index in [1.54, 1.807) is 12.3 Å². The Morgan fingerprint density at radius 1 is 1.30 bits per heavy atom. The molecule has 7 heteroatoms. The highest BCUT2D eigenvalue weighted by molar-refractivity contribution is 6.29. The van der Waals surface area contributed by atoms with Crippen molar-refractivity contribution >= 4 is 17.5 Å². The van der Waals surface area contributed by atoms with Crippen molar-refractivity contribution in [3.8, 4) is 0 Å². The Kier molecular flexibility index (Phi) is 8.13. The van der Waals surface area contributed by atoms with Gasteiger partial charge in [-0.2, -0.15) is 0 Å². The molecule has 0 bridgehead atoms. The van der Waals surface area contributed by atoms with Crippen molar-refractivity contribution in [3.63, 3.8) is 0 Å². The molecule has 1 saturated heterocycles. The first-order valence-electron chi connectivity index (χ1n) is 11.3. The number of likely N-dealkylation sites (tertiary alicyclic amines) is 1. The first-order chi connectivity index (χ1) is 14.2. The average molecular weight is 437 g/mol. The number of aromatic nitrogens is 1. The van der Waals surface area contributed by atoms with Crippen molar-refractivity contribution in [2.75, 3.05) is 19.6 Å². The van der Waals surface area contributed by atoms with Gasteiger partial charge in [0.2, 0.25) is 5.91 Å². The molecule has 2 fully saturated rings. The first kappa shape index (κ1) is 23.5. The summed E-state index contributed by atoms with van der Waals surface area (Å²) in [5.74, 6) is 1.38. The molecule has 1 aliphatic heterocycles. The van der Waals surface area contributed by atoms with Crippen molar-refractivity contribution in [2.45, 2.75) is 77.1 Å². The molecular weight excluding hydrogens is 400 g/mol. The maximum Gasteiger partial charge on any atom is 0.237 e. The van der Waals surface area contributed by atoms with Gasteiger partial charge >= 0.3 is 0 Å². The first-order valence-corrected chi connectivity index (χ1v) is 11.6. The van der Waals surface area contributed by atoms with Crippen molar-refractivity contribution in [2.24, 2.45) is 11.8 Å². The molecule has 4 atom stereocenters. The number of aliphatic hydroxyl groups is 1. The van der Waals surface area contributed by atoms with Gasteiger partial charge in [-0.05, 0) is 57.1 Å². The fourth-order valence-electron chi connectivity index (χ4n) is 4.86. The number of nitrogens with one attached hydrogen (secondary N) is 2. The molecule has 2 aliphatic rings. The number of halogens is 1. The lowest BCUT2D eigenvalue weighted by Gasteiger charge is -2.46. The van der Waals surface area contributed by atoms with Gasteiger partial charge in [-0.1, -0.05) is 36.9 Å². The van der Waals surface area contributed by atoms with Gasteiger partial charge in [-0.3, -0.25) is 9.69 Å². The summed E-state index contributed by atoms with van der Waals surface area (Å²) < 4.78 is 0. The molecule has 6 nitrogen and oxygen atoms in total. The molecular formula is C23H37ClN4O2. The zero-order chi connectivity index (χ0) is 21.7. The Balaban J connectivity index is 1.56. The number of piperidine rings is 1. The lowest BCUT2D eigenvalue weighted by atomic mass is 9.72. The topological polar surface area (TPSA) is 77.5 Å². The maximum absolute atomic E-state index is 13.0. The number of pyridine rings is 1. The Hall–Kier alpha value is -1.21. The van der Waals surface area contributed by atoms with Crippen molar-refractivity contribution in [1.82, 2.24) is 20.5 Å². The van der Waals surface area contributed by atoms with Gasteiger partial charge in [-0.25, -0.2) is 4.98 Å². The minimum Gasteiger partial charge on any atom is -0.390 e. The Bertz CT molecular complexity index is 691. The molecule has 168 valence electrons. The molecule has 0 spiro atoms. The number of aliphatic hydroxyl groups excluding tert-OH is 1. The number of nitrogens with zero attached hydrogens (tertiary/aromatic N) is 2. The highest BCUT2D eigenvalue weighted by Gasteiger charge is 2.40. The van der Waals surface area contributed by atoms with Crippen LogP contribution in [0.5, 0.6) is 0 Å². The minimum atomic E-state index is -0.532. The Morgan fingerprint density at radius 2 is 2.03 bits per heavy atom. The highest BCUT2D eigenvalue weighted by Crippen LogP contribution is 2.38. The molecule has 1 aromatic rings. The van der Waals surface area contributed by atoms with E-state index in [0.29, 0.717) is 36.6 Å². The molecule has 30 heavy (non-hydrogen) atoms. The second-order valence-electron chi connectivity index (χ2n) is 10.0. The summed E-state index contributed by atoms with van der Waals surface area (Å²) in [5, 5.41) is 17.6. The third-order valence-corrected chi connectivity index (χ3v) is 6.47. The lowest BCUT2D eigenvalue weighted by Crippen LogP contribution is -2.59. The van der Waals surface area contributed by atoms with E-state index in [1.807, 2.05) is 26.8 Å². The van der Waals surface area contributed by atoms with Crippen LogP contribution in [0.3, 0.4) is 0 Å². The summed E-state index contributed by atoms with van der Waals surface area (Å²) in [5.41, 5.74) is 0.774. The fourth-order valence-corrected chi connectivity index (χ4v) is 4.97. The van der Waals surface area contributed by atoms with E-state index >= 15 is 0 Å². The van der Waals surface area contributed by atoms with Crippen LogP contribution >= 0.6 is 11.6 Å². The number of hydrogen-bond acceptors (Lipinski definition) is 5. The molecule has 1 saturated carbocycles. The van der Waals surface area contributed by atoms with Gasteiger partial charge in [0.1, 0.15) is 5.15 Å². The van der Waals surface area contributed by atoms with Crippen LogP contribution in [-0.2, 0) is 11.3 Å². The number of β-amino-alcohol motifs (C(OH)–C–C–N with tert-alkyl or cyclic N) is 1. The van der Waals surface area contributed by atoms with E-state index in [9.17, 15) is 9.90 Å². The number of hydrogen-bond donors (Lipinski definition) is 3. The maximum atomic E-state index is 13.0. The van der Waals surface area contributed by atoms with E-state index < -0.39 is 6.10 Å². The van der Waals surface area contributed by atoms with Gasteiger partial charge in [0.05, 0.1) is 12.1 Å². The minimum absolute atomic E-state index is 0.0962. The smallest absolute Gasteiger partial charge is 0.237 e. The molecule has 1 aliphatic carbocycles. The summed E-state index contributed by atoms with van der Waals surface area (Å²) >= 11 is 5.82. The number of carbonyl (C=O) groups is 1. The van der Waals surface area contributed by atoms with Crippen LogP contribution in [-0.4, -0.2) is 58.2 Å². The third kappa shape index (κ3) is 6.91. The molecule has 0 radical (unpaired) electrons. The molecule has 0 unspecified atom stereocenters. The zero-order valence-electron chi connectivity index (χ0n) is 18.5. The number of carbonyl (C=O) groups excluding carboxylic acids is 1. The molecule has 3 N–H and O–H groups in total. The second kappa shape index (κ2) is 10.4. The summed E-state index contributed by atoms with van der Waals surface area (Å²) in [6, 6.07) is 3.54. The van der Waals surface area contributed by atoms with E-state index in [0.717, 1.165) is 18.5 Å². The van der Waals surface area contributed by atoms with Gasteiger partial charge in [0.25, 0.3) is 0 Å². The van der Waals surface area contributed by atoms with E-state index in [2.05, 4.69) is 20.5 Å². The summed E-state index contributed by atoms with van der Waals surface area (Å²) in [7, 11) is 0. The lowest BCUT2D eigenvalue weighted by molar-refractivity contribution is -0.132. The molecule has 2 heterocycles. The van der Waals surface area contributed by atoms with Crippen LogP contribution in [0, 0.1) is 11.8 Å². The van der Waals surface area contributed by atoms with E-state index in [4.69, 9.17) is 11.6 Å². The Morgan fingerprint density at radius 3 is 2.70 bits per heavy atom. The van der Waals surface area contributed by atoms with Crippen molar-refractivity contribution in [1.29, 1.82) is 0 Å². The average Bonchev–Trinajstić information content (AvgIpc) is 2.67. The summed E-state index contributed by atoms with van der Waals surface area (Å²) in [4.78, 5) is 19.3. The van der Waals surface area contributed by atoms with Gasteiger partial charge in [0, 0.05) is 37.9 Å². The monoisotopic (exact) mass is 436 g/mol. The SMILES string of the molecule is CC(C)(C)NC(=O)[C@@H]1C[C@@H]2CCCC[C@@H]2CN1C[C@H](O)CNCc1ccc(Cl)nc1. The van der Waals surface area contributed by atoms with Gasteiger partial charge in [0.15, 0.2) is 0 Å². The van der Waals surface area contributed by atoms with E-state index in [1.165, 1.54) is 25.7 Å². The van der Waals surface area contributed by atoms with Gasteiger partial charge in [-0.15, -0.1) is 0 Å². The quantitative estimate of drug-likeness (QED) is 0.573. The van der Waals surface area contributed by atoms with E-state index in [-0.39, 0.29) is 17.5 Å². The predicted molar refractivity (Wildman–Crippen MR) is 120 cm³/mol. The largest absolute Gasteiger partial charge is 0.390 e. The number of amides is 1. The number of rotatable bonds is 7. The van der Waals surface area contributed by atoms with Crippen LogP contribution in [0.1, 0.15) is 58.4 Å². The number of fused-ring (bicyclic) bond motifs is 1. The fraction of sp³-hybridized carbons (Fsp3) is 0.739. The van der Waals surface area contributed by atoms with Crippen LogP contribution in [0.15, 0.2) is 18.3 Å². The predicted octanol–water partition coefficient (Wildman–Crippen LogP) is 2.98. The molecule has 0 aromatic carbocycles. The molecule has 3 rings (SSSR count). The zero-order valence-corrected chi connectivity index (χ0v) is 19.3. The summed E-state index contributed by atoms with van der Waals surface area (Å²) in [6.45, 7) is 8.58. The third-order valence-electron chi connectivity index (χ3n) is 6.25. The normalized spacial score (nSPS) is 26.1. The standard InChI is InChI=1S/C23H37ClN4O2/c1-23(2,3)27-22(30)20-10-17-6-4-5-7-18(17)14-28(20)15-19(29)13-25-11-16-8-9-21(24)26-12-16/h8-9,12,17-20,25,29H,4-7,10-11,13-15H2,1-3H3,(H,27,30)/t17-,18+,19+,20-/m0/s1. The molecule has 1 amide bonds. The van der Waals surface area contributed by atoms with Gasteiger partial charge < -0.3 is 15.7 Å². The van der Waals surface area contributed by atoms with Crippen LogP contribution in [0.2, 0.25) is 5.15 Å². The summed E-state index contributed by atoms with van der Waals surface area (Å²) in [6.07, 6.45) is 7.15. The van der Waals surface area contributed by atoms with Crippen molar-refractivity contribution < 1.29 is 9.90 Å². The molecule has 1 aromatic heterocycles. The highest BCUT2D eigenvalue weighted by atomic mass is 35.5. The van der Waals surface area contributed by atoms with Crippen LogP contribution in [0.4, 0.5) is 0 Å². The van der Waals surface area contributed by atoms with Crippen LogP contribution in [0.25, 0.3) is 0 Å². The second-order valence-corrected chi connectivity index (χ2v) is 10.4.